The average molecular weight is 282 g/mol. The molecule has 2 aliphatic heterocycles. The second kappa shape index (κ2) is 7.24. The molecule has 0 aromatic carbocycles. The average Bonchev–Trinajstić information content (AvgIpc) is 2.49. The van der Waals surface area contributed by atoms with Crippen molar-refractivity contribution < 1.29 is 4.74 Å². The van der Waals surface area contributed by atoms with E-state index in [1.54, 1.807) is 0 Å². The van der Waals surface area contributed by atoms with Crippen molar-refractivity contribution in [3.05, 3.63) is 0 Å². The van der Waals surface area contributed by atoms with E-state index in [2.05, 4.69) is 31.1 Å². The van der Waals surface area contributed by atoms with E-state index in [1.165, 1.54) is 58.2 Å². The van der Waals surface area contributed by atoms with Crippen molar-refractivity contribution in [2.75, 3.05) is 46.4 Å². The molecule has 0 amide bonds. The van der Waals surface area contributed by atoms with Gasteiger partial charge in [0.1, 0.15) is 0 Å². The van der Waals surface area contributed by atoms with Crippen molar-refractivity contribution in [1.82, 2.24) is 10.2 Å². The van der Waals surface area contributed by atoms with Gasteiger partial charge < -0.3 is 15.0 Å². The van der Waals surface area contributed by atoms with Crippen molar-refractivity contribution in [2.24, 2.45) is 10.8 Å². The minimum atomic E-state index is 0.353. The van der Waals surface area contributed by atoms with Gasteiger partial charge in [0.2, 0.25) is 0 Å². The summed E-state index contributed by atoms with van der Waals surface area (Å²) < 4.78 is 5.80. The van der Waals surface area contributed by atoms with Crippen LogP contribution in [0.5, 0.6) is 0 Å². The summed E-state index contributed by atoms with van der Waals surface area (Å²) in [7, 11) is 2.08. The van der Waals surface area contributed by atoms with Gasteiger partial charge >= 0.3 is 0 Å². The quantitative estimate of drug-likeness (QED) is 0.811. The molecule has 0 radical (unpaired) electrons. The van der Waals surface area contributed by atoms with Crippen molar-refractivity contribution in [3.63, 3.8) is 0 Å². The van der Waals surface area contributed by atoms with Gasteiger partial charge in [0.25, 0.3) is 0 Å². The molecule has 2 saturated heterocycles. The number of rotatable bonds is 6. The van der Waals surface area contributed by atoms with Crippen LogP contribution in [0.4, 0.5) is 0 Å². The zero-order valence-corrected chi connectivity index (χ0v) is 13.8. The Labute approximate surface area is 125 Å². The van der Waals surface area contributed by atoms with Gasteiger partial charge in [0.15, 0.2) is 0 Å². The number of nitrogens with zero attached hydrogens (tertiary/aromatic N) is 1. The highest BCUT2D eigenvalue weighted by atomic mass is 16.5. The fraction of sp³-hybridized carbons (Fsp3) is 1.00. The van der Waals surface area contributed by atoms with Crippen LogP contribution in [-0.4, -0.2) is 51.3 Å². The lowest BCUT2D eigenvalue weighted by molar-refractivity contribution is -0.0355. The number of piperidine rings is 1. The van der Waals surface area contributed by atoms with Gasteiger partial charge in [-0.2, -0.15) is 0 Å². The SMILES string of the molecule is CCC1(CC)CCN(CC2(CNC)CCCOC2)CC1. The fourth-order valence-electron chi connectivity index (χ4n) is 4.22. The summed E-state index contributed by atoms with van der Waals surface area (Å²) in [6, 6.07) is 0. The number of likely N-dealkylation sites (tertiary alicyclic amines) is 1. The molecule has 1 N–H and O–H groups in total. The van der Waals surface area contributed by atoms with Crippen LogP contribution in [0, 0.1) is 10.8 Å². The van der Waals surface area contributed by atoms with Crippen LogP contribution in [-0.2, 0) is 4.74 Å². The van der Waals surface area contributed by atoms with Gasteiger partial charge in [0.05, 0.1) is 6.61 Å². The van der Waals surface area contributed by atoms with Crippen LogP contribution in [0.1, 0.15) is 52.4 Å². The molecule has 0 spiro atoms. The molecular weight excluding hydrogens is 248 g/mol. The Bertz CT molecular complexity index is 267. The van der Waals surface area contributed by atoms with Gasteiger partial charge in [-0.05, 0) is 51.2 Å². The maximum absolute atomic E-state index is 5.80. The number of hydrogen-bond acceptors (Lipinski definition) is 3. The normalized spacial score (nSPS) is 31.4. The van der Waals surface area contributed by atoms with Gasteiger partial charge in [-0.15, -0.1) is 0 Å². The zero-order chi connectivity index (χ0) is 14.5. The third-order valence-corrected chi connectivity index (χ3v) is 5.93. The van der Waals surface area contributed by atoms with E-state index in [0.29, 0.717) is 10.8 Å². The number of hydrogen-bond donors (Lipinski definition) is 1. The lowest BCUT2D eigenvalue weighted by atomic mass is 9.73. The lowest BCUT2D eigenvalue weighted by Gasteiger charge is -2.46. The van der Waals surface area contributed by atoms with Crippen LogP contribution in [0.3, 0.4) is 0 Å². The molecule has 0 aliphatic carbocycles. The summed E-state index contributed by atoms with van der Waals surface area (Å²) in [5.74, 6) is 0. The first-order chi connectivity index (χ1) is 9.67. The van der Waals surface area contributed by atoms with Crippen molar-refractivity contribution in [1.29, 1.82) is 0 Å². The van der Waals surface area contributed by atoms with Crippen molar-refractivity contribution in [3.8, 4) is 0 Å². The summed E-state index contributed by atoms with van der Waals surface area (Å²) in [5.41, 5.74) is 0.987. The standard InChI is InChI=1S/C17H34N2O/c1-4-16(5-2)8-10-19(11-9-16)14-17(13-18-3)7-6-12-20-15-17/h18H,4-15H2,1-3H3. The van der Waals surface area contributed by atoms with Crippen LogP contribution >= 0.6 is 0 Å². The molecule has 2 heterocycles. The minimum Gasteiger partial charge on any atom is -0.381 e. The molecule has 0 saturated carbocycles. The molecule has 0 aromatic rings. The Morgan fingerprint density at radius 2 is 1.75 bits per heavy atom. The van der Waals surface area contributed by atoms with E-state index in [-0.39, 0.29) is 0 Å². The molecule has 1 unspecified atom stereocenters. The van der Waals surface area contributed by atoms with Gasteiger partial charge in [-0.25, -0.2) is 0 Å². The number of nitrogens with one attached hydrogen (secondary N) is 1. The van der Waals surface area contributed by atoms with Crippen LogP contribution in [0.15, 0.2) is 0 Å². The van der Waals surface area contributed by atoms with Gasteiger partial charge in [-0.1, -0.05) is 26.7 Å². The molecule has 3 heteroatoms. The largest absolute Gasteiger partial charge is 0.381 e. The summed E-state index contributed by atoms with van der Waals surface area (Å²) in [6.07, 6.45) is 8.01. The van der Waals surface area contributed by atoms with E-state index in [9.17, 15) is 0 Å². The molecule has 3 nitrogen and oxygen atoms in total. The van der Waals surface area contributed by atoms with Crippen LogP contribution in [0.25, 0.3) is 0 Å². The highest BCUT2D eigenvalue weighted by Crippen LogP contribution is 2.39. The third kappa shape index (κ3) is 3.75. The predicted molar refractivity (Wildman–Crippen MR) is 85.1 cm³/mol. The molecule has 1 atom stereocenters. The highest BCUT2D eigenvalue weighted by molar-refractivity contribution is 4.90. The Morgan fingerprint density at radius 1 is 1.05 bits per heavy atom. The van der Waals surface area contributed by atoms with Crippen molar-refractivity contribution in [2.45, 2.75) is 52.4 Å². The zero-order valence-electron chi connectivity index (χ0n) is 13.8. The predicted octanol–water partition coefficient (Wildman–Crippen LogP) is 2.90. The first-order valence-corrected chi connectivity index (χ1v) is 8.62. The molecule has 0 aromatic heterocycles. The third-order valence-electron chi connectivity index (χ3n) is 5.93. The Kier molecular flexibility index (Phi) is 5.88. The summed E-state index contributed by atoms with van der Waals surface area (Å²) in [4.78, 5) is 2.70. The Hall–Kier alpha value is -0.120. The second-order valence-electron chi connectivity index (χ2n) is 7.17. The van der Waals surface area contributed by atoms with Crippen LogP contribution < -0.4 is 5.32 Å². The summed E-state index contributed by atoms with van der Waals surface area (Å²) in [5, 5.41) is 3.40. The highest BCUT2D eigenvalue weighted by Gasteiger charge is 2.37. The molecule has 2 rings (SSSR count). The topological polar surface area (TPSA) is 24.5 Å². The molecular formula is C17H34N2O. The summed E-state index contributed by atoms with van der Waals surface area (Å²) in [6.45, 7) is 11.5. The monoisotopic (exact) mass is 282 g/mol. The molecule has 0 bridgehead atoms. The lowest BCUT2D eigenvalue weighted by Crippen LogP contribution is -2.51. The molecule has 118 valence electrons. The molecule has 20 heavy (non-hydrogen) atoms. The van der Waals surface area contributed by atoms with E-state index in [4.69, 9.17) is 4.74 Å². The minimum absolute atomic E-state index is 0.353. The van der Waals surface area contributed by atoms with Gasteiger partial charge in [0, 0.05) is 25.1 Å². The Balaban J connectivity index is 1.89. The molecule has 2 aliphatic rings. The fourth-order valence-corrected chi connectivity index (χ4v) is 4.22. The maximum Gasteiger partial charge on any atom is 0.0546 e. The smallest absolute Gasteiger partial charge is 0.0546 e. The van der Waals surface area contributed by atoms with Crippen molar-refractivity contribution >= 4 is 0 Å². The summed E-state index contributed by atoms with van der Waals surface area (Å²) >= 11 is 0. The Morgan fingerprint density at radius 3 is 2.25 bits per heavy atom. The van der Waals surface area contributed by atoms with E-state index in [0.717, 1.165) is 19.8 Å². The van der Waals surface area contributed by atoms with E-state index < -0.39 is 0 Å². The van der Waals surface area contributed by atoms with E-state index in [1.807, 2.05) is 0 Å². The second-order valence-corrected chi connectivity index (χ2v) is 7.17. The maximum atomic E-state index is 5.80. The molecule has 2 fully saturated rings. The first kappa shape index (κ1) is 16.3. The van der Waals surface area contributed by atoms with E-state index >= 15 is 0 Å². The number of ether oxygens (including phenoxy) is 1. The van der Waals surface area contributed by atoms with Gasteiger partial charge in [-0.3, -0.25) is 0 Å². The first-order valence-electron chi connectivity index (χ1n) is 8.62. The van der Waals surface area contributed by atoms with Crippen LogP contribution in [0.2, 0.25) is 0 Å².